The highest BCUT2D eigenvalue weighted by Crippen LogP contribution is 2.31. The van der Waals surface area contributed by atoms with Crippen molar-refractivity contribution in [1.29, 1.82) is 0 Å². The molecule has 4 aromatic rings. The van der Waals surface area contributed by atoms with Crippen LogP contribution in [-0.4, -0.2) is 38.4 Å². The highest BCUT2D eigenvalue weighted by molar-refractivity contribution is 7.99. The molecule has 0 saturated heterocycles. The van der Waals surface area contributed by atoms with Crippen molar-refractivity contribution in [1.82, 2.24) is 19.6 Å². The van der Waals surface area contributed by atoms with Crippen LogP contribution in [0.2, 0.25) is 0 Å². The molecule has 3 aromatic heterocycles. The molecule has 1 amide bonds. The number of aryl methyl sites for hydroxylation is 1. The number of hydrogen-bond donors (Lipinski definition) is 1. The summed E-state index contributed by atoms with van der Waals surface area (Å²) in [6.45, 7) is 1.89. The molecule has 27 heavy (non-hydrogen) atoms. The number of hydrogen-bond acceptors (Lipinski definition) is 8. The van der Waals surface area contributed by atoms with Crippen molar-refractivity contribution in [3.05, 3.63) is 40.7 Å². The van der Waals surface area contributed by atoms with E-state index in [1.54, 1.807) is 7.11 Å². The number of methoxy groups -OCH3 is 1. The number of amides is 1. The van der Waals surface area contributed by atoms with E-state index in [0.29, 0.717) is 10.3 Å². The molecule has 1 aromatic carbocycles. The highest BCUT2D eigenvalue weighted by Gasteiger charge is 2.15. The van der Waals surface area contributed by atoms with Crippen molar-refractivity contribution in [2.24, 2.45) is 0 Å². The van der Waals surface area contributed by atoms with Crippen LogP contribution in [0.25, 0.3) is 16.2 Å². The molecule has 0 aliphatic carbocycles. The number of anilines is 1. The van der Waals surface area contributed by atoms with Crippen molar-refractivity contribution in [3.8, 4) is 17.0 Å². The number of carbonyl (C=O) groups is 1. The van der Waals surface area contributed by atoms with E-state index in [0.717, 1.165) is 27.7 Å². The lowest BCUT2D eigenvalue weighted by molar-refractivity contribution is -0.113. The number of fused-ring (bicyclic) bond motifs is 1. The first-order valence-corrected chi connectivity index (χ1v) is 10.7. The summed E-state index contributed by atoms with van der Waals surface area (Å²) in [5, 5.41) is 16.5. The van der Waals surface area contributed by atoms with Crippen LogP contribution in [0.4, 0.5) is 5.13 Å². The second kappa shape index (κ2) is 7.67. The number of ether oxygens (including phenoxy) is 1. The van der Waals surface area contributed by atoms with E-state index in [1.807, 2.05) is 46.4 Å². The standard InChI is InChI=1S/C17H15N5O2S3/c1-10-7-25-15(18-10)19-14(23)9-27-17-21-20-16-22(17)13(8-26-16)11-3-5-12(24-2)6-4-11/h3-8H,9H2,1-2H3,(H,18,19,23). The molecule has 7 nitrogen and oxygen atoms in total. The zero-order valence-electron chi connectivity index (χ0n) is 14.5. The molecule has 0 aliphatic rings. The van der Waals surface area contributed by atoms with Crippen molar-refractivity contribution in [2.75, 3.05) is 18.2 Å². The normalized spacial score (nSPS) is 11.0. The minimum atomic E-state index is -0.118. The van der Waals surface area contributed by atoms with Gasteiger partial charge >= 0.3 is 0 Å². The minimum absolute atomic E-state index is 0.118. The first-order chi connectivity index (χ1) is 13.1. The Morgan fingerprint density at radius 3 is 2.74 bits per heavy atom. The summed E-state index contributed by atoms with van der Waals surface area (Å²) in [6, 6.07) is 7.82. The second-order valence-electron chi connectivity index (χ2n) is 5.58. The maximum absolute atomic E-state index is 12.2. The van der Waals surface area contributed by atoms with E-state index in [-0.39, 0.29) is 11.7 Å². The third-order valence-electron chi connectivity index (χ3n) is 3.70. The average Bonchev–Trinajstić information content (AvgIpc) is 3.37. The SMILES string of the molecule is COc1ccc(-c2csc3nnc(SCC(=O)Nc4nc(C)cs4)n23)cc1. The Kier molecular flexibility index (Phi) is 5.10. The van der Waals surface area contributed by atoms with E-state index in [2.05, 4.69) is 20.5 Å². The van der Waals surface area contributed by atoms with E-state index in [9.17, 15) is 4.79 Å². The Balaban J connectivity index is 1.52. The summed E-state index contributed by atoms with van der Waals surface area (Å²) in [4.78, 5) is 17.2. The molecule has 0 bridgehead atoms. The fourth-order valence-electron chi connectivity index (χ4n) is 2.45. The zero-order valence-corrected chi connectivity index (χ0v) is 17.0. The molecule has 0 saturated carbocycles. The van der Waals surface area contributed by atoms with Gasteiger partial charge in [0.2, 0.25) is 10.9 Å². The van der Waals surface area contributed by atoms with Gasteiger partial charge in [0, 0.05) is 10.8 Å². The summed E-state index contributed by atoms with van der Waals surface area (Å²) in [6.07, 6.45) is 0. The third-order valence-corrected chi connectivity index (χ3v) is 6.32. The molecule has 3 heterocycles. The molecule has 0 aliphatic heterocycles. The Hall–Kier alpha value is -2.43. The Morgan fingerprint density at radius 2 is 2.04 bits per heavy atom. The van der Waals surface area contributed by atoms with Crippen molar-refractivity contribution < 1.29 is 9.53 Å². The lowest BCUT2D eigenvalue weighted by Gasteiger charge is -2.05. The van der Waals surface area contributed by atoms with Gasteiger partial charge in [-0.05, 0) is 36.8 Å². The van der Waals surface area contributed by atoms with Gasteiger partial charge in [-0.2, -0.15) is 0 Å². The fraction of sp³-hybridized carbons (Fsp3) is 0.176. The van der Waals surface area contributed by atoms with Crippen LogP contribution < -0.4 is 10.1 Å². The summed E-state index contributed by atoms with van der Waals surface area (Å²) in [7, 11) is 1.64. The topological polar surface area (TPSA) is 81.4 Å². The summed E-state index contributed by atoms with van der Waals surface area (Å²) in [5.74, 6) is 0.919. The molecule has 0 radical (unpaired) electrons. The fourth-order valence-corrected chi connectivity index (χ4v) is 4.79. The summed E-state index contributed by atoms with van der Waals surface area (Å²) >= 11 is 4.28. The van der Waals surface area contributed by atoms with Crippen LogP contribution in [0.5, 0.6) is 5.75 Å². The number of benzene rings is 1. The van der Waals surface area contributed by atoms with Crippen LogP contribution in [0, 0.1) is 6.92 Å². The maximum atomic E-state index is 12.2. The number of nitrogens with one attached hydrogen (secondary N) is 1. The maximum Gasteiger partial charge on any atom is 0.236 e. The number of thiazole rings is 2. The average molecular weight is 418 g/mol. The van der Waals surface area contributed by atoms with Crippen molar-refractivity contribution in [2.45, 2.75) is 12.1 Å². The van der Waals surface area contributed by atoms with Crippen molar-refractivity contribution in [3.63, 3.8) is 0 Å². The predicted molar refractivity (Wildman–Crippen MR) is 109 cm³/mol. The molecule has 138 valence electrons. The van der Waals surface area contributed by atoms with Crippen LogP contribution in [-0.2, 0) is 4.79 Å². The second-order valence-corrected chi connectivity index (χ2v) is 8.22. The molecular formula is C17H15N5O2S3. The molecular weight excluding hydrogens is 402 g/mol. The molecule has 0 spiro atoms. The van der Waals surface area contributed by atoms with Gasteiger partial charge in [-0.3, -0.25) is 9.20 Å². The lowest BCUT2D eigenvalue weighted by Crippen LogP contribution is -2.14. The number of carbonyl (C=O) groups excluding carboxylic acids is 1. The smallest absolute Gasteiger partial charge is 0.236 e. The van der Waals surface area contributed by atoms with Crippen LogP contribution >= 0.6 is 34.4 Å². The molecule has 0 atom stereocenters. The van der Waals surface area contributed by atoms with Crippen molar-refractivity contribution >= 4 is 50.4 Å². The van der Waals surface area contributed by atoms with Gasteiger partial charge in [-0.15, -0.1) is 32.9 Å². The lowest BCUT2D eigenvalue weighted by atomic mass is 10.2. The summed E-state index contributed by atoms with van der Waals surface area (Å²) in [5.41, 5.74) is 2.91. The molecule has 0 unspecified atom stereocenters. The Bertz CT molecular complexity index is 1080. The number of nitrogens with zero attached hydrogens (tertiary/aromatic N) is 4. The van der Waals surface area contributed by atoms with E-state index < -0.39 is 0 Å². The van der Waals surface area contributed by atoms with Gasteiger partial charge in [0.25, 0.3) is 0 Å². The monoisotopic (exact) mass is 417 g/mol. The van der Waals surface area contributed by atoms with Gasteiger partial charge in [0.15, 0.2) is 10.3 Å². The largest absolute Gasteiger partial charge is 0.497 e. The van der Waals surface area contributed by atoms with Crippen LogP contribution in [0.15, 0.2) is 40.2 Å². The predicted octanol–water partition coefficient (Wildman–Crippen LogP) is 3.96. The highest BCUT2D eigenvalue weighted by atomic mass is 32.2. The van der Waals surface area contributed by atoms with E-state index in [1.165, 1.54) is 34.4 Å². The zero-order chi connectivity index (χ0) is 18.8. The third kappa shape index (κ3) is 3.82. The van der Waals surface area contributed by atoms with Crippen LogP contribution in [0.1, 0.15) is 5.69 Å². The van der Waals surface area contributed by atoms with Gasteiger partial charge in [0.05, 0.1) is 24.3 Å². The molecule has 0 fully saturated rings. The number of rotatable bonds is 6. The first-order valence-electron chi connectivity index (χ1n) is 7.96. The molecule has 10 heteroatoms. The molecule has 4 rings (SSSR count). The Labute approximate surface area is 167 Å². The van der Waals surface area contributed by atoms with Gasteiger partial charge in [-0.1, -0.05) is 11.8 Å². The Morgan fingerprint density at radius 1 is 1.22 bits per heavy atom. The first kappa shape index (κ1) is 18.0. The summed E-state index contributed by atoms with van der Waals surface area (Å²) < 4.78 is 7.19. The molecule has 1 N–H and O–H groups in total. The van der Waals surface area contributed by atoms with Crippen LogP contribution in [0.3, 0.4) is 0 Å². The minimum Gasteiger partial charge on any atom is -0.497 e. The number of aromatic nitrogens is 4. The van der Waals surface area contributed by atoms with E-state index in [4.69, 9.17) is 4.74 Å². The van der Waals surface area contributed by atoms with Gasteiger partial charge in [-0.25, -0.2) is 4.98 Å². The number of thioether (sulfide) groups is 1. The van der Waals surface area contributed by atoms with Gasteiger partial charge in [0.1, 0.15) is 5.75 Å². The van der Waals surface area contributed by atoms with Gasteiger partial charge < -0.3 is 10.1 Å². The quantitative estimate of drug-likeness (QED) is 0.478. The van der Waals surface area contributed by atoms with E-state index >= 15 is 0 Å².